The van der Waals surface area contributed by atoms with Gasteiger partial charge in [-0.05, 0) is 50.2 Å². The molecular formula is C17H23N3O2S2. The number of thiophene rings is 1. The first kappa shape index (κ1) is 17.5. The second kappa shape index (κ2) is 7.70. The van der Waals surface area contributed by atoms with E-state index < -0.39 is 0 Å². The molecule has 7 heteroatoms. The molecule has 1 aliphatic rings. The minimum atomic E-state index is -0.248. The number of nitrogens with zero attached hydrogens (tertiary/aromatic N) is 2. The lowest BCUT2D eigenvalue weighted by atomic mass is 9.90. The highest BCUT2D eigenvalue weighted by Crippen LogP contribution is 2.37. The molecule has 5 nitrogen and oxygen atoms in total. The zero-order valence-corrected chi connectivity index (χ0v) is 15.9. The number of hydrogen-bond acceptors (Lipinski definition) is 6. The Morgan fingerprint density at radius 1 is 1.54 bits per heavy atom. The molecule has 0 radical (unpaired) electrons. The molecule has 24 heavy (non-hydrogen) atoms. The third-order valence-corrected chi connectivity index (χ3v) is 6.30. The fourth-order valence-corrected chi connectivity index (χ4v) is 4.60. The SMILES string of the molecule is CCCNC(=O)[C@@H](C)Sc1nnc(-c2cc3c(s2)CC[C@@H](C)C3)o1. The van der Waals surface area contributed by atoms with Crippen LogP contribution in [0.15, 0.2) is 15.7 Å². The Morgan fingerprint density at radius 2 is 2.38 bits per heavy atom. The molecule has 0 unspecified atom stereocenters. The molecule has 130 valence electrons. The molecule has 0 aromatic carbocycles. The summed E-state index contributed by atoms with van der Waals surface area (Å²) in [5, 5.41) is 11.3. The topological polar surface area (TPSA) is 68.0 Å². The predicted octanol–water partition coefficient (Wildman–Crippen LogP) is 3.93. The van der Waals surface area contributed by atoms with Crippen LogP contribution in [0.3, 0.4) is 0 Å². The summed E-state index contributed by atoms with van der Waals surface area (Å²) in [6.45, 7) is 6.87. The van der Waals surface area contributed by atoms with Gasteiger partial charge in [0.1, 0.15) is 0 Å². The second-order valence-corrected chi connectivity index (χ2v) is 8.76. The first-order chi connectivity index (χ1) is 11.6. The molecule has 1 aliphatic carbocycles. The number of nitrogens with one attached hydrogen (secondary N) is 1. The lowest BCUT2D eigenvalue weighted by Crippen LogP contribution is -2.31. The number of aromatic nitrogens is 2. The molecule has 0 saturated carbocycles. The van der Waals surface area contributed by atoms with Crippen LogP contribution in [-0.2, 0) is 17.6 Å². The van der Waals surface area contributed by atoms with Crippen LogP contribution >= 0.6 is 23.1 Å². The van der Waals surface area contributed by atoms with Crippen LogP contribution in [0.5, 0.6) is 0 Å². The lowest BCUT2D eigenvalue weighted by molar-refractivity contribution is -0.120. The van der Waals surface area contributed by atoms with Gasteiger partial charge in [0.05, 0.1) is 10.1 Å². The van der Waals surface area contributed by atoms with Crippen molar-refractivity contribution < 1.29 is 9.21 Å². The van der Waals surface area contributed by atoms with Crippen LogP contribution in [0, 0.1) is 5.92 Å². The van der Waals surface area contributed by atoms with E-state index in [2.05, 4.69) is 28.5 Å². The third kappa shape index (κ3) is 4.00. The van der Waals surface area contributed by atoms with Gasteiger partial charge in [-0.2, -0.15) is 0 Å². The van der Waals surface area contributed by atoms with E-state index in [1.54, 1.807) is 11.3 Å². The standard InChI is InChI=1S/C17H23N3O2S2/c1-4-7-18-15(21)11(3)23-17-20-19-16(22-17)14-9-12-8-10(2)5-6-13(12)24-14/h9-11H,4-8H2,1-3H3,(H,18,21)/t10-,11-/m1/s1. The monoisotopic (exact) mass is 365 g/mol. The Kier molecular flexibility index (Phi) is 5.61. The number of hydrogen-bond donors (Lipinski definition) is 1. The Labute approximate surface area is 150 Å². The molecule has 2 atom stereocenters. The second-order valence-electron chi connectivity index (χ2n) is 6.33. The maximum Gasteiger partial charge on any atom is 0.277 e. The summed E-state index contributed by atoms with van der Waals surface area (Å²) >= 11 is 3.06. The summed E-state index contributed by atoms with van der Waals surface area (Å²) in [4.78, 5) is 14.4. The zero-order chi connectivity index (χ0) is 17.1. The van der Waals surface area contributed by atoms with Crippen molar-refractivity contribution in [3.63, 3.8) is 0 Å². The van der Waals surface area contributed by atoms with Crippen molar-refractivity contribution in [3.05, 3.63) is 16.5 Å². The van der Waals surface area contributed by atoms with Crippen molar-refractivity contribution in [2.75, 3.05) is 6.54 Å². The maximum absolute atomic E-state index is 11.9. The van der Waals surface area contributed by atoms with E-state index in [1.165, 1.54) is 28.6 Å². The van der Waals surface area contributed by atoms with Crippen molar-refractivity contribution in [1.82, 2.24) is 15.5 Å². The normalized spacial score (nSPS) is 18.2. The number of rotatable bonds is 6. The Balaban J connectivity index is 1.66. The Hall–Kier alpha value is -1.34. The van der Waals surface area contributed by atoms with E-state index in [9.17, 15) is 4.79 Å². The first-order valence-electron chi connectivity index (χ1n) is 8.46. The van der Waals surface area contributed by atoms with E-state index >= 15 is 0 Å². The zero-order valence-electron chi connectivity index (χ0n) is 14.3. The summed E-state index contributed by atoms with van der Waals surface area (Å²) in [5.41, 5.74) is 1.42. The fourth-order valence-electron chi connectivity index (χ4n) is 2.76. The molecule has 2 aromatic rings. The summed E-state index contributed by atoms with van der Waals surface area (Å²) in [5.74, 6) is 1.31. The van der Waals surface area contributed by atoms with Gasteiger partial charge in [0.2, 0.25) is 5.91 Å². The van der Waals surface area contributed by atoms with Crippen LogP contribution in [0.2, 0.25) is 0 Å². The third-order valence-electron chi connectivity index (χ3n) is 4.14. The van der Waals surface area contributed by atoms with Crippen molar-refractivity contribution in [2.45, 2.75) is 56.9 Å². The van der Waals surface area contributed by atoms with Crippen LogP contribution in [0.4, 0.5) is 0 Å². The van der Waals surface area contributed by atoms with Gasteiger partial charge in [-0.3, -0.25) is 4.79 Å². The van der Waals surface area contributed by atoms with E-state index in [-0.39, 0.29) is 11.2 Å². The van der Waals surface area contributed by atoms with Crippen LogP contribution in [0.25, 0.3) is 10.8 Å². The van der Waals surface area contributed by atoms with Gasteiger partial charge in [-0.15, -0.1) is 21.5 Å². The Morgan fingerprint density at radius 3 is 3.17 bits per heavy atom. The van der Waals surface area contributed by atoms with Crippen LogP contribution < -0.4 is 5.32 Å². The minimum Gasteiger partial charge on any atom is -0.410 e. The fraction of sp³-hybridized carbons (Fsp3) is 0.588. The summed E-state index contributed by atoms with van der Waals surface area (Å²) in [7, 11) is 0. The van der Waals surface area contributed by atoms with Gasteiger partial charge in [-0.1, -0.05) is 25.6 Å². The van der Waals surface area contributed by atoms with E-state index in [4.69, 9.17) is 4.42 Å². The van der Waals surface area contributed by atoms with Crippen molar-refractivity contribution in [1.29, 1.82) is 0 Å². The molecule has 0 bridgehead atoms. The van der Waals surface area contributed by atoms with E-state index in [1.807, 2.05) is 13.8 Å². The van der Waals surface area contributed by atoms with Crippen molar-refractivity contribution in [3.8, 4) is 10.8 Å². The van der Waals surface area contributed by atoms with Crippen LogP contribution in [-0.4, -0.2) is 27.9 Å². The van der Waals surface area contributed by atoms with E-state index in [0.717, 1.165) is 30.1 Å². The molecule has 0 fully saturated rings. The number of fused-ring (bicyclic) bond motifs is 1. The molecule has 1 amide bonds. The average Bonchev–Trinajstić information content (AvgIpc) is 3.18. The van der Waals surface area contributed by atoms with E-state index in [0.29, 0.717) is 17.7 Å². The number of carbonyl (C=O) groups excluding carboxylic acids is 1. The van der Waals surface area contributed by atoms with Crippen molar-refractivity contribution in [2.24, 2.45) is 5.92 Å². The Bertz CT molecular complexity index is 711. The smallest absolute Gasteiger partial charge is 0.277 e. The van der Waals surface area contributed by atoms with Crippen LogP contribution in [0.1, 0.15) is 44.1 Å². The summed E-state index contributed by atoms with van der Waals surface area (Å²) in [6, 6.07) is 2.19. The highest BCUT2D eigenvalue weighted by molar-refractivity contribution is 8.00. The lowest BCUT2D eigenvalue weighted by Gasteiger charge is -2.16. The quantitative estimate of drug-likeness (QED) is 0.786. The van der Waals surface area contributed by atoms with Gasteiger partial charge in [0, 0.05) is 11.4 Å². The van der Waals surface area contributed by atoms with Gasteiger partial charge >= 0.3 is 0 Å². The maximum atomic E-state index is 11.9. The van der Waals surface area contributed by atoms with Gasteiger partial charge in [0.15, 0.2) is 0 Å². The molecule has 2 aromatic heterocycles. The molecule has 2 heterocycles. The first-order valence-corrected chi connectivity index (χ1v) is 10.2. The number of carbonyl (C=O) groups is 1. The largest absolute Gasteiger partial charge is 0.410 e. The summed E-state index contributed by atoms with van der Waals surface area (Å²) in [6.07, 6.45) is 4.46. The average molecular weight is 366 g/mol. The molecule has 0 spiro atoms. The van der Waals surface area contributed by atoms with Gasteiger partial charge < -0.3 is 9.73 Å². The molecule has 3 rings (SSSR count). The highest BCUT2D eigenvalue weighted by atomic mass is 32.2. The molecule has 1 N–H and O–H groups in total. The number of aryl methyl sites for hydroxylation is 1. The highest BCUT2D eigenvalue weighted by Gasteiger charge is 2.22. The number of amides is 1. The van der Waals surface area contributed by atoms with Gasteiger partial charge in [0.25, 0.3) is 11.1 Å². The molecule has 0 aliphatic heterocycles. The predicted molar refractivity (Wildman–Crippen MR) is 97.4 cm³/mol. The molecule has 0 saturated heterocycles. The molecular weight excluding hydrogens is 342 g/mol. The number of thioether (sulfide) groups is 1. The summed E-state index contributed by atoms with van der Waals surface area (Å²) < 4.78 is 5.77. The van der Waals surface area contributed by atoms with Crippen molar-refractivity contribution >= 4 is 29.0 Å². The minimum absolute atomic E-state index is 0.00201. The van der Waals surface area contributed by atoms with Gasteiger partial charge in [-0.25, -0.2) is 0 Å².